The molecular formula is C23H23N5O2S. The Bertz CT molecular complexity index is 1070. The van der Waals surface area contributed by atoms with Crippen molar-refractivity contribution in [1.82, 2.24) is 4.98 Å². The van der Waals surface area contributed by atoms with Gasteiger partial charge in [0.2, 0.25) is 11.6 Å². The number of thioether (sulfide) groups is 1. The molecule has 2 atom stereocenters. The third-order valence-corrected chi connectivity index (χ3v) is 6.91. The molecule has 1 saturated carbocycles. The smallest absolute Gasteiger partial charge is 0.235 e. The number of carbonyl (C=O) groups excluding carboxylic acids is 1. The van der Waals surface area contributed by atoms with Gasteiger partial charge >= 0.3 is 0 Å². The number of anilines is 1. The van der Waals surface area contributed by atoms with E-state index in [1.807, 2.05) is 35.2 Å². The van der Waals surface area contributed by atoms with E-state index in [0.717, 1.165) is 48.6 Å². The molecule has 2 unspecified atom stereocenters. The molecule has 1 saturated heterocycles. The van der Waals surface area contributed by atoms with Crippen LogP contribution in [0.5, 0.6) is 0 Å². The molecule has 1 amide bonds. The molecule has 1 aromatic heterocycles. The van der Waals surface area contributed by atoms with Gasteiger partial charge in [0.05, 0.1) is 18.2 Å². The maximum absolute atomic E-state index is 12.3. The highest BCUT2D eigenvalue weighted by atomic mass is 32.2. The van der Waals surface area contributed by atoms with Crippen molar-refractivity contribution < 1.29 is 9.90 Å². The van der Waals surface area contributed by atoms with E-state index < -0.39 is 17.3 Å². The summed E-state index contributed by atoms with van der Waals surface area (Å²) in [7, 11) is 0. The maximum atomic E-state index is 12.3. The van der Waals surface area contributed by atoms with Crippen LogP contribution < -0.4 is 10.6 Å². The minimum absolute atomic E-state index is 0.151. The van der Waals surface area contributed by atoms with E-state index in [0.29, 0.717) is 35.2 Å². The summed E-state index contributed by atoms with van der Waals surface area (Å²) in [6.07, 6.45) is 2.88. The molecule has 2 aromatic rings. The third-order valence-electron chi connectivity index (χ3n) is 5.65. The van der Waals surface area contributed by atoms with Gasteiger partial charge in [-0.1, -0.05) is 42.1 Å². The summed E-state index contributed by atoms with van der Waals surface area (Å²) in [4.78, 5) is 22.7. The van der Waals surface area contributed by atoms with E-state index in [9.17, 15) is 15.2 Å². The second kappa shape index (κ2) is 8.97. The average Bonchev–Trinajstić information content (AvgIpc) is 3.62. The molecule has 2 aliphatic rings. The van der Waals surface area contributed by atoms with Gasteiger partial charge in [-0.15, -0.1) is 0 Å². The molecular weight excluding hydrogens is 410 g/mol. The Hall–Kier alpha value is -3.07. The molecule has 0 bridgehead atoms. The van der Waals surface area contributed by atoms with Crippen molar-refractivity contribution in [3.05, 3.63) is 58.4 Å². The number of rotatable bonds is 6. The second-order valence-corrected chi connectivity index (χ2v) is 9.02. The summed E-state index contributed by atoms with van der Waals surface area (Å²) < 4.78 is 0. The van der Waals surface area contributed by atoms with Crippen LogP contribution >= 0.6 is 11.8 Å². The number of benzene rings is 1. The summed E-state index contributed by atoms with van der Waals surface area (Å²) >= 11 is 1.16. The summed E-state index contributed by atoms with van der Waals surface area (Å²) in [6.45, 7) is 8.89. The SMILES string of the molecule is [C-]#[N+]c1c(N2CCCC(O)C2)nc(SC(C(N)=O)c2ccccc2)c(C#N)c1C1CC1. The Morgan fingerprint density at radius 3 is 2.68 bits per heavy atom. The number of carbonyl (C=O) groups is 1. The van der Waals surface area contributed by atoms with Crippen LogP contribution in [0.2, 0.25) is 0 Å². The zero-order valence-corrected chi connectivity index (χ0v) is 17.8. The van der Waals surface area contributed by atoms with Crippen LogP contribution in [0, 0.1) is 17.9 Å². The molecule has 1 aromatic carbocycles. The van der Waals surface area contributed by atoms with Gasteiger partial charge in [0.1, 0.15) is 22.2 Å². The topological polar surface area (TPSA) is 108 Å². The van der Waals surface area contributed by atoms with Crippen molar-refractivity contribution >= 4 is 29.2 Å². The van der Waals surface area contributed by atoms with Crippen molar-refractivity contribution in [2.24, 2.45) is 5.73 Å². The minimum Gasteiger partial charge on any atom is -0.391 e. The van der Waals surface area contributed by atoms with E-state index in [1.54, 1.807) is 0 Å². The molecule has 0 spiro atoms. The third kappa shape index (κ3) is 4.36. The number of amides is 1. The Morgan fingerprint density at radius 2 is 2.10 bits per heavy atom. The first-order valence-electron chi connectivity index (χ1n) is 10.3. The molecule has 1 aliphatic carbocycles. The first-order chi connectivity index (χ1) is 15.0. The van der Waals surface area contributed by atoms with Crippen LogP contribution in [0.1, 0.15) is 53.5 Å². The van der Waals surface area contributed by atoms with Crippen molar-refractivity contribution in [2.45, 2.75) is 48.0 Å². The Balaban J connectivity index is 1.84. The summed E-state index contributed by atoms with van der Waals surface area (Å²) in [5.74, 6) is 0.130. The molecule has 31 heavy (non-hydrogen) atoms. The number of nitriles is 1. The fourth-order valence-corrected chi connectivity index (χ4v) is 5.07. The number of aromatic nitrogens is 1. The number of primary amides is 1. The van der Waals surface area contributed by atoms with E-state index in [-0.39, 0.29) is 5.92 Å². The molecule has 0 radical (unpaired) electrons. The number of pyridine rings is 1. The molecule has 1 aliphatic heterocycles. The monoisotopic (exact) mass is 433 g/mol. The van der Waals surface area contributed by atoms with Crippen molar-refractivity contribution in [3.63, 3.8) is 0 Å². The predicted octanol–water partition coefficient (Wildman–Crippen LogP) is 3.66. The average molecular weight is 434 g/mol. The van der Waals surface area contributed by atoms with Crippen LogP contribution in [0.3, 0.4) is 0 Å². The highest BCUT2D eigenvalue weighted by Gasteiger charge is 2.35. The summed E-state index contributed by atoms with van der Waals surface area (Å²) in [5.41, 5.74) is 7.93. The van der Waals surface area contributed by atoms with Gasteiger partial charge < -0.3 is 15.7 Å². The quantitative estimate of drug-likeness (QED) is 0.532. The van der Waals surface area contributed by atoms with Gasteiger partial charge in [0.25, 0.3) is 0 Å². The lowest BCUT2D eigenvalue weighted by Gasteiger charge is -2.33. The normalized spacial score (nSPS) is 19.3. The van der Waals surface area contributed by atoms with Gasteiger partial charge in [-0.25, -0.2) is 9.83 Å². The summed E-state index contributed by atoms with van der Waals surface area (Å²) in [6, 6.07) is 11.4. The minimum atomic E-state index is -0.702. The highest BCUT2D eigenvalue weighted by Crippen LogP contribution is 2.51. The first-order valence-corrected chi connectivity index (χ1v) is 11.2. The molecule has 2 heterocycles. The molecule has 2 fully saturated rings. The zero-order valence-electron chi connectivity index (χ0n) is 17.0. The number of aliphatic hydroxyl groups is 1. The standard InChI is InChI=1S/C23H23N5O2S/c1-26-19-18(14-9-10-14)17(12-24)23(27-22(19)28-11-5-8-16(29)13-28)31-20(21(25)30)15-6-3-2-4-7-15/h2-4,6-7,14,16,20,29H,5,8-11,13H2,(H2,25,30). The van der Waals surface area contributed by atoms with Crippen LogP contribution in [0.4, 0.5) is 11.5 Å². The Labute approximate surface area is 185 Å². The molecule has 8 heteroatoms. The van der Waals surface area contributed by atoms with E-state index in [2.05, 4.69) is 10.9 Å². The lowest BCUT2D eigenvalue weighted by Crippen LogP contribution is -2.39. The van der Waals surface area contributed by atoms with Crippen molar-refractivity contribution in [1.29, 1.82) is 5.26 Å². The zero-order chi connectivity index (χ0) is 22.0. The second-order valence-electron chi connectivity index (χ2n) is 7.93. The highest BCUT2D eigenvalue weighted by molar-refractivity contribution is 8.00. The maximum Gasteiger partial charge on any atom is 0.235 e. The lowest BCUT2D eigenvalue weighted by atomic mass is 10.0. The van der Waals surface area contributed by atoms with Gasteiger partial charge in [-0.05, 0) is 42.7 Å². The Morgan fingerprint density at radius 1 is 1.35 bits per heavy atom. The van der Waals surface area contributed by atoms with Crippen LogP contribution in [0.25, 0.3) is 4.85 Å². The molecule has 158 valence electrons. The fraction of sp³-hybridized carbons (Fsp3) is 0.391. The largest absolute Gasteiger partial charge is 0.391 e. The van der Waals surface area contributed by atoms with Crippen LogP contribution in [-0.2, 0) is 4.79 Å². The number of hydrogen-bond donors (Lipinski definition) is 2. The van der Waals surface area contributed by atoms with E-state index >= 15 is 0 Å². The molecule has 3 N–H and O–H groups in total. The number of piperidine rings is 1. The number of hydrogen-bond acceptors (Lipinski definition) is 6. The molecule has 4 rings (SSSR count). The van der Waals surface area contributed by atoms with Gasteiger partial charge in [-0.2, -0.15) is 5.26 Å². The fourth-order valence-electron chi connectivity index (χ4n) is 4.03. The number of β-amino-alcohol motifs (C(OH)–C–C–N with tert-alkyl or cyclic N) is 1. The van der Waals surface area contributed by atoms with Crippen molar-refractivity contribution in [3.8, 4) is 6.07 Å². The number of nitrogens with zero attached hydrogens (tertiary/aromatic N) is 4. The molecule has 7 nitrogen and oxygen atoms in total. The van der Waals surface area contributed by atoms with Gasteiger partial charge in [0.15, 0.2) is 0 Å². The van der Waals surface area contributed by atoms with E-state index in [1.165, 1.54) is 0 Å². The number of nitrogens with two attached hydrogens (primary N) is 1. The first kappa shape index (κ1) is 21.2. The lowest BCUT2D eigenvalue weighted by molar-refractivity contribution is -0.117. The van der Waals surface area contributed by atoms with Crippen LogP contribution in [-0.4, -0.2) is 35.2 Å². The predicted molar refractivity (Wildman–Crippen MR) is 119 cm³/mol. The van der Waals surface area contributed by atoms with Gasteiger partial charge in [0, 0.05) is 13.1 Å². The van der Waals surface area contributed by atoms with E-state index in [4.69, 9.17) is 17.3 Å². The Kier molecular flexibility index (Phi) is 6.13. The number of aliphatic hydroxyl groups excluding tert-OH is 1. The van der Waals surface area contributed by atoms with Crippen LogP contribution in [0.15, 0.2) is 35.4 Å². The van der Waals surface area contributed by atoms with Gasteiger partial charge in [-0.3, -0.25) is 4.79 Å². The van der Waals surface area contributed by atoms with Crippen molar-refractivity contribution in [2.75, 3.05) is 18.0 Å². The summed E-state index contributed by atoms with van der Waals surface area (Å²) in [5, 5.41) is 19.9.